The number of carbonyl (C=O) groups is 3. The Balaban J connectivity index is 1.32. The number of nitrogens with one attached hydrogen (secondary N) is 4. The van der Waals surface area contributed by atoms with Gasteiger partial charge in [-0.15, -0.1) is 0 Å². The molecule has 2 aromatic rings. The number of carboxylic acids is 1. The first-order valence-electron chi connectivity index (χ1n) is 13.5. The fourth-order valence-electron chi connectivity index (χ4n) is 5.28. The zero-order chi connectivity index (χ0) is 26.0. The van der Waals surface area contributed by atoms with E-state index in [1.54, 1.807) is 0 Å². The molecule has 0 heterocycles. The summed E-state index contributed by atoms with van der Waals surface area (Å²) in [5.74, 6) is -1.06. The van der Waals surface area contributed by atoms with Crippen LogP contribution in [0.1, 0.15) is 69.8 Å². The van der Waals surface area contributed by atoms with Crippen molar-refractivity contribution in [3.05, 3.63) is 54.1 Å². The van der Waals surface area contributed by atoms with Gasteiger partial charge < -0.3 is 26.4 Å². The average molecular weight is 507 g/mol. The molecule has 0 aliphatic heterocycles. The summed E-state index contributed by atoms with van der Waals surface area (Å²) in [5.41, 5.74) is 3.43. The SMILES string of the molecule is O=C(Nc1cccc(-c2ccc(C[C@H](NC(=O)NC3CCCCC3)C(=O)O)cc2)c1)NC1CCCCC1. The Morgan fingerprint density at radius 2 is 1.35 bits per heavy atom. The standard InChI is InChI=1S/C29H38N4O4/c34-27(35)26(33-29(37)31-24-11-5-2-6-12-24)18-20-14-16-21(17-15-20)22-8-7-13-25(19-22)32-28(36)30-23-9-3-1-4-10-23/h7-8,13-17,19,23-24,26H,1-6,9-12,18H2,(H,34,35)(H2,30,32,36)(H2,31,33,37)/t26-/m0/s1. The average Bonchev–Trinajstić information content (AvgIpc) is 2.90. The highest BCUT2D eigenvalue weighted by molar-refractivity contribution is 5.90. The highest BCUT2D eigenvalue weighted by Crippen LogP contribution is 2.24. The molecule has 5 N–H and O–H groups in total. The fourth-order valence-corrected chi connectivity index (χ4v) is 5.28. The first-order valence-corrected chi connectivity index (χ1v) is 13.5. The van der Waals surface area contributed by atoms with E-state index in [0.29, 0.717) is 5.69 Å². The molecule has 0 aromatic heterocycles. The molecule has 37 heavy (non-hydrogen) atoms. The van der Waals surface area contributed by atoms with Crippen LogP contribution < -0.4 is 21.3 Å². The van der Waals surface area contributed by atoms with Crippen LogP contribution in [0.2, 0.25) is 0 Å². The largest absolute Gasteiger partial charge is 0.480 e. The smallest absolute Gasteiger partial charge is 0.326 e. The molecule has 2 saturated carbocycles. The van der Waals surface area contributed by atoms with Gasteiger partial charge in [-0.1, -0.05) is 74.9 Å². The normalized spacial score (nSPS) is 17.4. The summed E-state index contributed by atoms with van der Waals surface area (Å²) in [7, 11) is 0. The molecule has 4 rings (SSSR count). The van der Waals surface area contributed by atoms with Crippen LogP contribution in [0.5, 0.6) is 0 Å². The molecule has 8 heteroatoms. The van der Waals surface area contributed by atoms with E-state index < -0.39 is 18.0 Å². The van der Waals surface area contributed by atoms with Gasteiger partial charge in [-0.05, 0) is 54.5 Å². The number of carboxylic acid groups (broad SMARTS) is 1. The van der Waals surface area contributed by atoms with Gasteiger partial charge in [0.2, 0.25) is 0 Å². The molecule has 2 fully saturated rings. The lowest BCUT2D eigenvalue weighted by Crippen LogP contribution is -2.50. The summed E-state index contributed by atoms with van der Waals surface area (Å²) in [6, 6.07) is 14.0. The summed E-state index contributed by atoms with van der Waals surface area (Å²) in [4.78, 5) is 36.6. The molecular formula is C29H38N4O4. The van der Waals surface area contributed by atoms with Crippen molar-refractivity contribution in [2.24, 2.45) is 0 Å². The van der Waals surface area contributed by atoms with Crippen LogP contribution in [-0.4, -0.2) is 41.3 Å². The molecule has 2 aliphatic rings. The Kier molecular flexibility index (Phi) is 9.40. The maximum atomic E-state index is 12.4. The van der Waals surface area contributed by atoms with Crippen LogP contribution in [0, 0.1) is 0 Å². The molecule has 0 unspecified atom stereocenters. The number of hydrogen-bond donors (Lipinski definition) is 5. The van der Waals surface area contributed by atoms with Gasteiger partial charge in [0.05, 0.1) is 0 Å². The second-order valence-electron chi connectivity index (χ2n) is 10.3. The van der Waals surface area contributed by atoms with E-state index in [1.165, 1.54) is 12.8 Å². The van der Waals surface area contributed by atoms with Crippen LogP contribution in [-0.2, 0) is 11.2 Å². The number of anilines is 1. The number of rotatable bonds is 8. The first-order chi connectivity index (χ1) is 18.0. The summed E-state index contributed by atoms with van der Waals surface area (Å²) in [5, 5.41) is 21.2. The third kappa shape index (κ3) is 8.23. The summed E-state index contributed by atoms with van der Waals surface area (Å²) >= 11 is 0. The van der Waals surface area contributed by atoms with Crippen molar-refractivity contribution >= 4 is 23.7 Å². The van der Waals surface area contributed by atoms with Crippen molar-refractivity contribution in [1.82, 2.24) is 16.0 Å². The van der Waals surface area contributed by atoms with E-state index >= 15 is 0 Å². The van der Waals surface area contributed by atoms with E-state index in [4.69, 9.17) is 0 Å². The molecular weight excluding hydrogens is 468 g/mol. The topological polar surface area (TPSA) is 120 Å². The van der Waals surface area contributed by atoms with Crippen molar-refractivity contribution in [2.75, 3.05) is 5.32 Å². The number of urea groups is 2. The lowest BCUT2D eigenvalue weighted by molar-refractivity contribution is -0.139. The summed E-state index contributed by atoms with van der Waals surface area (Å²) in [6.07, 6.45) is 11.1. The van der Waals surface area contributed by atoms with Gasteiger partial charge >= 0.3 is 18.0 Å². The minimum absolute atomic E-state index is 0.117. The molecule has 0 saturated heterocycles. The minimum atomic E-state index is -1.06. The molecule has 4 amide bonds. The van der Waals surface area contributed by atoms with E-state index in [9.17, 15) is 19.5 Å². The zero-order valence-electron chi connectivity index (χ0n) is 21.3. The Bertz CT molecular complexity index is 1060. The summed E-state index contributed by atoms with van der Waals surface area (Å²) < 4.78 is 0. The maximum Gasteiger partial charge on any atom is 0.326 e. The second-order valence-corrected chi connectivity index (χ2v) is 10.3. The molecule has 198 valence electrons. The number of hydrogen-bond acceptors (Lipinski definition) is 3. The van der Waals surface area contributed by atoms with Crippen LogP contribution in [0.4, 0.5) is 15.3 Å². The number of benzene rings is 2. The van der Waals surface area contributed by atoms with Crippen molar-refractivity contribution in [3.8, 4) is 11.1 Å². The van der Waals surface area contributed by atoms with Crippen molar-refractivity contribution in [2.45, 2.75) is 88.8 Å². The lowest BCUT2D eigenvalue weighted by Gasteiger charge is -2.24. The van der Waals surface area contributed by atoms with Crippen LogP contribution in [0.15, 0.2) is 48.5 Å². The Hall–Kier alpha value is -3.55. The molecule has 2 aliphatic carbocycles. The highest BCUT2D eigenvalue weighted by atomic mass is 16.4. The van der Waals surface area contributed by atoms with Crippen molar-refractivity contribution in [3.63, 3.8) is 0 Å². The number of amides is 4. The predicted molar refractivity (Wildman–Crippen MR) is 145 cm³/mol. The van der Waals surface area contributed by atoms with Gasteiger partial charge in [0, 0.05) is 24.2 Å². The zero-order valence-corrected chi connectivity index (χ0v) is 21.3. The van der Waals surface area contributed by atoms with Crippen molar-refractivity contribution < 1.29 is 19.5 Å². The van der Waals surface area contributed by atoms with E-state index in [1.807, 2.05) is 48.5 Å². The third-order valence-electron chi connectivity index (χ3n) is 7.33. The van der Waals surface area contributed by atoms with E-state index in [-0.39, 0.29) is 24.5 Å². The molecule has 8 nitrogen and oxygen atoms in total. The molecule has 0 spiro atoms. The van der Waals surface area contributed by atoms with Crippen LogP contribution in [0.25, 0.3) is 11.1 Å². The number of carbonyl (C=O) groups excluding carboxylic acids is 2. The molecule has 0 radical (unpaired) electrons. The van der Waals surface area contributed by atoms with Gasteiger partial charge in [0.1, 0.15) is 6.04 Å². The van der Waals surface area contributed by atoms with E-state index in [0.717, 1.165) is 68.1 Å². The Labute approximate surface area is 218 Å². The van der Waals surface area contributed by atoms with Gasteiger partial charge in [-0.3, -0.25) is 0 Å². The molecule has 2 aromatic carbocycles. The Morgan fingerprint density at radius 3 is 1.95 bits per heavy atom. The second kappa shape index (κ2) is 13.1. The lowest BCUT2D eigenvalue weighted by atomic mass is 9.96. The monoisotopic (exact) mass is 506 g/mol. The van der Waals surface area contributed by atoms with Crippen LogP contribution >= 0.6 is 0 Å². The van der Waals surface area contributed by atoms with E-state index in [2.05, 4.69) is 21.3 Å². The van der Waals surface area contributed by atoms with Gasteiger partial charge in [-0.2, -0.15) is 0 Å². The van der Waals surface area contributed by atoms with Crippen molar-refractivity contribution in [1.29, 1.82) is 0 Å². The quantitative estimate of drug-likeness (QED) is 0.328. The third-order valence-corrected chi connectivity index (χ3v) is 7.33. The van der Waals surface area contributed by atoms with Gasteiger partial charge in [0.25, 0.3) is 0 Å². The maximum absolute atomic E-state index is 12.4. The molecule has 0 bridgehead atoms. The molecule has 1 atom stereocenters. The summed E-state index contributed by atoms with van der Waals surface area (Å²) in [6.45, 7) is 0. The highest BCUT2D eigenvalue weighted by Gasteiger charge is 2.23. The van der Waals surface area contributed by atoms with Gasteiger partial charge in [-0.25, -0.2) is 14.4 Å². The van der Waals surface area contributed by atoms with Crippen LogP contribution in [0.3, 0.4) is 0 Å². The first kappa shape index (κ1) is 26.5. The number of aliphatic carboxylic acids is 1. The minimum Gasteiger partial charge on any atom is -0.480 e. The fraction of sp³-hybridized carbons (Fsp3) is 0.483. The van der Waals surface area contributed by atoms with Gasteiger partial charge in [0.15, 0.2) is 0 Å². The predicted octanol–water partition coefficient (Wildman–Crippen LogP) is 5.44. The Morgan fingerprint density at radius 1 is 0.757 bits per heavy atom.